The highest BCUT2D eigenvalue weighted by atomic mass is 16.5. The Bertz CT molecular complexity index is 1210. The van der Waals surface area contributed by atoms with Crippen molar-refractivity contribution < 1.29 is 4.74 Å². The zero-order valence-electron chi connectivity index (χ0n) is 19.5. The zero-order valence-corrected chi connectivity index (χ0v) is 19.5. The Hall–Kier alpha value is -3.91. The number of anilines is 3. The molecule has 0 bridgehead atoms. The van der Waals surface area contributed by atoms with Gasteiger partial charge in [-0.3, -0.25) is 5.10 Å². The van der Waals surface area contributed by atoms with Gasteiger partial charge >= 0.3 is 0 Å². The summed E-state index contributed by atoms with van der Waals surface area (Å²) in [5.74, 6) is 1.39. The van der Waals surface area contributed by atoms with Crippen LogP contribution < -0.4 is 15.0 Å². The number of hydrogen-bond acceptors (Lipinski definition) is 7. The molecule has 0 spiro atoms. The summed E-state index contributed by atoms with van der Waals surface area (Å²) in [4.78, 5) is 13.9. The SMILES string of the molecule is CCOc1ccc(-c2n[nH]cc2-c2ccnc(Nc3ccc(N4CCN(C)CC4)cc3)n2)cc1. The van der Waals surface area contributed by atoms with Crippen LogP contribution in [0.4, 0.5) is 17.3 Å². The molecular weight excluding hydrogens is 426 g/mol. The number of hydrogen-bond donors (Lipinski definition) is 2. The van der Waals surface area contributed by atoms with Crippen LogP contribution in [0, 0.1) is 0 Å². The molecule has 8 nitrogen and oxygen atoms in total. The molecule has 0 radical (unpaired) electrons. The van der Waals surface area contributed by atoms with Crippen LogP contribution >= 0.6 is 0 Å². The Labute approximate surface area is 199 Å². The quantitative estimate of drug-likeness (QED) is 0.427. The van der Waals surface area contributed by atoms with Gasteiger partial charge in [-0.25, -0.2) is 9.97 Å². The number of piperazine rings is 1. The molecule has 0 saturated carbocycles. The normalized spacial score (nSPS) is 14.2. The van der Waals surface area contributed by atoms with E-state index >= 15 is 0 Å². The second kappa shape index (κ2) is 9.93. The Morgan fingerprint density at radius 2 is 1.74 bits per heavy atom. The van der Waals surface area contributed by atoms with Crippen molar-refractivity contribution in [2.75, 3.05) is 50.1 Å². The highest BCUT2D eigenvalue weighted by molar-refractivity contribution is 5.79. The molecule has 0 atom stereocenters. The number of ether oxygens (including phenoxy) is 1. The summed E-state index contributed by atoms with van der Waals surface area (Å²) in [7, 11) is 2.17. The van der Waals surface area contributed by atoms with E-state index in [1.807, 2.05) is 43.5 Å². The fraction of sp³-hybridized carbons (Fsp3) is 0.269. The van der Waals surface area contributed by atoms with Gasteiger partial charge in [0, 0.05) is 61.1 Å². The average Bonchev–Trinajstić information content (AvgIpc) is 3.36. The smallest absolute Gasteiger partial charge is 0.227 e. The van der Waals surface area contributed by atoms with Crippen molar-refractivity contribution in [1.29, 1.82) is 0 Å². The first-order valence-electron chi connectivity index (χ1n) is 11.6. The van der Waals surface area contributed by atoms with E-state index in [4.69, 9.17) is 9.72 Å². The van der Waals surface area contributed by atoms with Gasteiger partial charge in [0.1, 0.15) is 11.4 Å². The van der Waals surface area contributed by atoms with E-state index < -0.39 is 0 Å². The van der Waals surface area contributed by atoms with Crippen LogP contribution in [0.2, 0.25) is 0 Å². The fourth-order valence-electron chi connectivity index (χ4n) is 4.10. The lowest BCUT2D eigenvalue weighted by Crippen LogP contribution is -2.44. The molecule has 1 aliphatic rings. The average molecular weight is 456 g/mol. The topological polar surface area (TPSA) is 82.2 Å². The molecule has 0 aliphatic carbocycles. The molecular formula is C26H29N7O. The molecule has 2 N–H and O–H groups in total. The third-order valence-corrected chi connectivity index (χ3v) is 6.00. The Morgan fingerprint density at radius 1 is 0.971 bits per heavy atom. The van der Waals surface area contributed by atoms with Crippen LogP contribution in [-0.4, -0.2) is 64.9 Å². The molecule has 34 heavy (non-hydrogen) atoms. The number of nitrogens with zero attached hydrogens (tertiary/aromatic N) is 5. The maximum Gasteiger partial charge on any atom is 0.227 e. The Balaban J connectivity index is 1.31. The van der Waals surface area contributed by atoms with Crippen molar-refractivity contribution in [3.05, 3.63) is 67.0 Å². The van der Waals surface area contributed by atoms with Gasteiger partial charge in [-0.15, -0.1) is 0 Å². The highest BCUT2D eigenvalue weighted by Crippen LogP contribution is 2.30. The van der Waals surface area contributed by atoms with Gasteiger partial charge < -0.3 is 19.9 Å². The highest BCUT2D eigenvalue weighted by Gasteiger charge is 2.15. The van der Waals surface area contributed by atoms with Crippen molar-refractivity contribution in [3.8, 4) is 28.3 Å². The molecule has 1 saturated heterocycles. The predicted octanol–water partition coefficient (Wildman–Crippen LogP) is 4.43. The largest absolute Gasteiger partial charge is 0.494 e. The molecule has 1 aliphatic heterocycles. The van der Waals surface area contributed by atoms with Crippen LogP contribution in [0.1, 0.15) is 6.92 Å². The van der Waals surface area contributed by atoms with E-state index in [9.17, 15) is 0 Å². The molecule has 5 rings (SSSR count). The van der Waals surface area contributed by atoms with Gasteiger partial charge in [-0.1, -0.05) is 0 Å². The van der Waals surface area contributed by atoms with E-state index in [1.54, 1.807) is 6.20 Å². The second-order valence-corrected chi connectivity index (χ2v) is 8.33. The summed E-state index contributed by atoms with van der Waals surface area (Å²) in [6.07, 6.45) is 3.63. The van der Waals surface area contributed by atoms with Crippen LogP contribution in [0.15, 0.2) is 67.0 Å². The van der Waals surface area contributed by atoms with Gasteiger partial charge in [0.05, 0.1) is 12.3 Å². The first kappa shape index (κ1) is 21.9. The van der Waals surface area contributed by atoms with Crippen LogP contribution in [0.3, 0.4) is 0 Å². The number of aromatic amines is 1. The van der Waals surface area contributed by atoms with Crippen molar-refractivity contribution in [1.82, 2.24) is 25.1 Å². The lowest BCUT2D eigenvalue weighted by atomic mass is 10.1. The second-order valence-electron chi connectivity index (χ2n) is 8.33. The molecule has 4 aromatic rings. The molecule has 2 aromatic carbocycles. The fourth-order valence-corrected chi connectivity index (χ4v) is 4.10. The molecule has 0 amide bonds. The minimum absolute atomic E-state index is 0.545. The summed E-state index contributed by atoms with van der Waals surface area (Å²) < 4.78 is 5.55. The van der Waals surface area contributed by atoms with Gasteiger partial charge in [0.2, 0.25) is 5.95 Å². The van der Waals surface area contributed by atoms with Crippen LogP contribution in [0.5, 0.6) is 5.75 Å². The van der Waals surface area contributed by atoms with E-state index in [0.717, 1.165) is 60.1 Å². The van der Waals surface area contributed by atoms with E-state index in [-0.39, 0.29) is 0 Å². The predicted molar refractivity (Wildman–Crippen MR) is 136 cm³/mol. The molecule has 1 fully saturated rings. The minimum atomic E-state index is 0.545. The molecule has 8 heteroatoms. The Morgan fingerprint density at radius 3 is 2.47 bits per heavy atom. The summed E-state index contributed by atoms with van der Waals surface area (Å²) in [5.41, 5.74) is 5.74. The summed E-state index contributed by atoms with van der Waals surface area (Å²) in [5, 5.41) is 10.8. The summed E-state index contributed by atoms with van der Waals surface area (Å²) in [6.45, 7) is 6.90. The molecule has 0 unspecified atom stereocenters. The van der Waals surface area contributed by atoms with Crippen molar-refractivity contribution in [2.45, 2.75) is 6.92 Å². The number of aromatic nitrogens is 4. The lowest BCUT2D eigenvalue weighted by Gasteiger charge is -2.34. The third-order valence-electron chi connectivity index (χ3n) is 6.00. The third kappa shape index (κ3) is 4.87. The molecule has 174 valence electrons. The van der Waals surface area contributed by atoms with Crippen molar-refractivity contribution in [2.24, 2.45) is 0 Å². The van der Waals surface area contributed by atoms with Gasteiger partial charge in [-0.2, -0.15) is 5.10 Å². The molecule has 3 heterocycles. The summed E-state index contributed by atoms with van der Waals surface area (Å²) in [6, 6.07) is 18.3. The standard InChI is InChI=1S/C26H29N7O/c1-3-34-22-10-4-19(5-11-22)25-23(18-28-31-25)24-12-13-27-26(30-24)29-20-6-8-21(9-7-20)33-16-14-32(2)15-17-33/h4-13,18H,3,14-17H2,1-2H3,(H,28,31)(H,27,29,30). The van der Waals surface area contributed by atoms with E-state index in [0.29, 0.717) is 12.6 Å². The minimum Gasteiger partial charge on any atom is -0.494 e. The monoisotopic (exact) mass is 455 g/mol. The van der Waals surface area contributed by atoms with Gasteiger partial charge in [-0.05, 0) is 68.6 Å². The molecule has 2 aromatic heterocycles. The number of benzene rings is 2. The maximum atomic E-state index is 5.55. The van der Waals surface area contributed by atoms with Crippen LogP contribution in [0.25, 0.3) is 22.5 Å². The number of likely N-dealkylation sites (N-methyl/N-ethyl adjacent to an activating group) is 1. The van der Waals surface area contributed by atoms with E-state index in [2.05, 4.69) is 61.6 Å². The Kier molecular flexibility index (Phi) is 6.40. The van der Waals surface area contributed by atoms with E-state index in [1.165, 1.54) is 5.69 Å². The number of nitrogens with one attached hydrogen (secondary N) is 2. The van der Waals surface area contributed by atoms with Crippen molar-refractivity contribution >= 4 is 17.3 Å². The zero-order chi connectivity index (χ0) is 23.3. The maximum absolute atomic E-state index is 5.55. The van der Waals surface area contributed by atoms with Crippen molar-refractivity contribution in [3.63, 3.8) is 0 Å². The number of H-pyrrole nitrogens is 1. The summed E-state index contributed by atoms with van der Waals surface area (Å²) >= 11 is 0. The first-order chi connectivity index (χ1) is 16.7. The number of rotatable bonds is 7. The lowest BCUT2D eigenvalue weighted by molar-refractivity contribution is 0.313. The van der Waals surface area contributed by atoms with Gasteiger partial charge in [0.25, 0.3) is 0 Å². The van der Waals surface area contributed by atoms with Crippen LogP contribution in [-0.2, 0) is 0 Å². The first-order valence-corrected chi connectivity index (χ1v) is 11.6. The van der Waals surface area contributed by atoms with Gasteiger partial charge in [0.15, 0.2) is 0 Å².